The molecule has 0 aromatic carbocycles. The predicted molar refractivity (Wildman–Crippen MR) is 86.3 cm³/mol. The number of nitrogens with zero attached hydrogens (tertiary/aromatic N) is 4. The van der Waals surface area contributed by atoms with Crippen LogP contribution in [0.15, 0.2) is 4.34 Å². The molecule has 1 N–H and O–H groups in total. The Hall–Kier alpha value is -1.06. The maximum absolute atomic E-state index is 12.1. The van der Waals surface area contributed by atoms with E-state index < -0.39 is 0 Å². The standard InChI is InChI=1S/C12H17N5OS3/c1-7(2)9-10(21-17-15-9)11(18)13-5-4-6-19-12-16-14-8(3)20-12/h7H,4-6H2,1-3H3,(H,13,18). The number of carbonyl (C=O) groups excluding carboxylic acids is 1. The van der Waals surface area contributed by atoms with Crippen LogP contribution < -0.4 is 5.32 Å². The number of aryl methyl sites for hydroxylation is 1. The van der Waals surface area contributed by atoms with E-state index in [0.717, 1.165) is 38.7 Å². The molecule has 21 heavy (non-hydrogen) atoms. The molecule has 2 aromatic heterocycles. The molecular weight excluding hydrogens is 326 g/mol. The van der Waals surface area contributed by atoms with Crippen molar-refractivity contribution in [2.45, 2.75) is 37.4 Å². The normalized spacial score (nSPS) is 11.0. The van der Waals surface area contributed by atoms with Gasteiger partial charge in [-0.2, -0.15) is 0 Å². The van der Waals surface area contributed by atoms with Crippen LogP contribution in [0.1, 0.15) is 46.6 Å². The molecule has 9 heteroatoms. The minimum Gasteiger partial charge on any atom is -0.351 e. The van der Waals surface area contributed by atoms with Crippen molar-refractivity contribution >= 4 is 40.5 Å². The van der Waals surface area contributed by atoms with Crippen LogP contribution in [0.5, 0.6) is 0 Å². The van der Waals surface area contributed by atoms with Gasteiger partial charge in [0, 0.05) is 12.3 Å². The van der Waals surface area contributed by atoms with E-state index in [0.29, 0.717) is 11.4 Å². The highest BCUT2D eigenvalue weighted by Crippen LogP contribution is 2.22. The number of hydrogen-bond acceptors (Lipinski definition) is 8. The second-order valence-corrected chi connectivity index (χ2v) is 7.96. The fourth-order valence-corrected chi connectivity index (χ4v) is 4.14. The van der Waals surface area contributed by atoms with E-state index in [4.69, 9.17) is 0 Å². The Balaban J connectivity index is 1.71. The highest BCUT2D eigenvalue weighted by molar-refractivity contribution is 8.01. The first-order valence-electron chi connectivity index (χ1n) is 6.61. The first-order valence-corrected chi connectivity index (χ1v) is 9.19. The Morgan fingerprint density at radius 2 is 2.14 bits per heavy atom. The van der Waals surface area contributed by atoms with Crippen LogP contribution in [0, 0.1) is 6.92 Å². The molecule has 0 radical (unpaired) electrons. The van der Waals surface area contributed by atoms with Gasteiger partial charge in [0.2, 0.25) is 0 Å². The van der Waals surface area contributed by atoms with E-state index in [1.807, 2.05) is 20.8 Å². The molecule has 0 aliphatic rings. The Labute approximate surface area is 135 Å². The van der Waals surface area contributed by atoms with Crippen LogP contribution in [0.4, 0.5) is 0 Å². The van der Waals surface area contributed by atoms with Crippen molar-refractivity contribution in [1.82, 2.24) is 25.1 Å². The molecule has 2 rings (SSSR count). The number of hydrogen-bond donors (Lipinski definition) is 1. The molecule has 0 atom stereocenters. The van der Waals surface area contributed by atoms with Gasteiger partial charge < -0.3 is 5.32 Å². The van der Waals surface area contributed by atoms with E-state index >= 15 is 0 Å². The molecule has 2 aromatic rings. The largest absolute Gasteiger partial charge is 0.351 e. The minimum atomic E-state index is -0.0783. The van der Waals surface area contributed by atoms with Gasteiger partial charge in [-0.15, -0.1) is 15.3 Å². The molecular formula is C12H17N5OS3. The highest BCUT2D eigenvalue weighted by Gasteiger charge is 2.17. The summed E-state index contributed by atoms with van der Waals surface area (Å²) in [5.41, 5.74) is 0.774. The molecule has 0 unspecified atom stereocenters. The second kappa shape index (κ2) is 7.81. The third kappa shape index (κ3) is 4.72. The monoisotopic (exact) mass is 343 g/mol. The fraction of sp³-hybridized carbons (Fsp3) is 0.583. The van der Waals surface area contributed by atoms with E-state index in [-0.39, 0.29) is 11.8 Å². The van der Waals surface area contributed by atoms with Gasteiger partial charge in [0.15, 0.2) is 4.34 Å². The van der Waals surface area contributed by atoms with Crippen molar-refractivity contribution in [1.29, 1.82) is 0 Å². The van der Waals surface area contributed by atoms with Gasteiger partial charge in [-0.1, -0.05) is 41.4 Å². The quantitative estimate of drug-likeness (QED) is 0.615. The number of rotatable bonds is 7. The predicted octanol–water partition coefficient (Wildman–Crippen LogP) is 2.73. The summed E-state index contributed by atoms with van der Waals surface area (Å²) in [6.07, 6.45) is 0.887. The lowest BCUT2D eigenvalue weighted by Gasteiger charge is -2.05. The zero-order valence-corrected chi connectivity index (χ0v) is 14.6. The molecule has 114 valence electrons. The first-order chi connectivity index (χ1) is 10.1. The summed E-state index contributed by atoms with van der Waals surface area (Å²) < 4.78 is 4.84. The van der Waals surface area contributed by atoms with Crippen LogP contribution >= 0.6 is 34.6 Å². The lowest BCUT2D eigenvalue weighted by atomic mass is 10.1. The summed E-state index contributed by atoms with van der Waals surface area (Å²) in [5, 5.41) is 15.9. The Bertz CT molecular complexity index is 595. The second-order valence-electron chi connectivity index (χ2n) is 4.69. The zero-order chi connectivity index (χ0) is 15.2. The van der Waals surface area contributed by atoms with Crippen molar-refractivity contribution in [3.63, 3.8) is 0 Å². The summed E-state index contributed by atoms with van der Waals surface area (Å²) in [5.74, 6) is 1.04. The van der Waals surface area contributed by atoms with Crippen LogP contribution in [0.3, 0.4) is 0 Å². The van der Waals surface area contributed by atoms with Crippen molar-refractivity contribution in [2.24, 2.45) is 0 Å². The minimum absolute atomic E-state index is 0.0783. The summed E-state index contributed by atoms with van der Waals surface area (Å²) in [6, 6.07) is 0. The Morgan fingerprint density at radius 3 is 2.81 bits per heavy atom. The SMILES string of the molecule is Cc1nnc(SCCCNC(=O)c2snnc2C(C)C)s1. The third-order valence-corrected chi connectivity index (χ3v) is 5.40. The topological polar surface area (TPSA) is 80.7 Å². The summed E-state index contributed by atoms with van der Waals surface area (Å²) in [4.78, 5) is 12.7. The molecule has 0 saturated heterocycles. The number of thioether (sulfide) groups is 1. The summed E-state index contributed by atoms with van der Waals surface area (Å²) >= 11 is 4.42. The maximum atomic E-state index is 12.1. The molecule has 0 bridgehead atoms. The molecule has 0 fully saturated rings. The van der Waals surface area contributed by atoms with Gasteiger partial charge in [-0.05, 0) is 30.8 Å². The van der Waals surface area contributed by atoms with Gasteiger partial charge in [0.25, 0.3) is 5.91 Å². The van der Waals surface area contributed by atoms with Gasteiger partial charge in [0.1, 0.15) is 9.88 Å². The summed E-state index contributed by atoms with van der Waals surface area (Å²) in [7, 11) is 0. The smallest absolute Gasteiger partial charge is 0.264 e. The van der Waals surface area contributed by atoms with Gasteiger partial charge >= 0.3 is 0 Å². The molecule has 0 aliphatic heterocycles. The van der Waals surface area contributed by atoms with Crippen molar-refractivity contribution in [2.75, 3.05) is 12.3 Å². The molecule has 0 aliphatic carbocycles. The number of carbonyl (C=O) groups is 1. The number of amides is 1. The molecule has 1 amide bonds. The van der Waals surface area contributed by atoms with E-state index in [9.17, 15) is 4.79 Å². The zero-order valence-electron chi connectivity index (χ0n) is 12.1. The summed E-state index contributed by atoms with van der Waals surface area (Å²) in [6.45, 7) is 6.60. The van der Waals surface area contributed by atoms with Crippen LogP contribution in [0.25, 0.3) is 0 Å². The van der Waals surface area contributed by atoms with Crippen LogP contribution in [-0.2, 0) is 0 Å². The van der Waals surface area contributed by atoms with E-state index in [1.54, 1.807) is 23.1 Å². The van der Waals surface area contributed by atoms with Crippen molar-refractivity contribution < 1.29 is 4.79 Å². The van der Waals surface area contributed by atoms with Gasteiger partial charge in [0.05, 0.1) is 5.69 Å². The lowest BCUT2D eigenvalue weighted by Crippen LogP contribution is -2.25. The van der Waals surface area contributed by atoms with E-state index in [1.165, 1.54) is 0 Å². The van der Waals surface area contributed by atoms with E-state index in [2.05, 4.69) is 25.1 Å². The highest BCUT2D eigenvalue weighted by atomic mass is 32.2. The Morgan fingerprint density at radius 1 is 1.33 bits per heavy atom. The van der Waals surface area contributed by atoms with Crippen molar-refractivity contribution in [3.8, 4) is 0 Å². The molecule has 0 spiro atoms. The fourth-order valence-electron chi connectivity index (χ4n) is 1.58. The molecule has 0 saturated carbocycles. The lowest BCUT2D eigenvalue weighted by molar-refractivity contribution is 0.0956. The van der Waals surface area contributed by atoms with Gasteiger partial charge in [-0.3, -0.25) is 4.79 Å². The maximum Gasteiger partial charge on any atom is 0.264 e. The number of aromatic nitrogens is 4. The number of nitrogens with one attached hydrogen (secondary N) is 1. The van der Waals surface area contributed by atoms with Crippen LogP contribution in [-0.4, -0.2) is 38.0 Å². The average molecular weight is 344 g/mol. The van der Waals surface area contributed by atoms with Crippen molar-refractivity contribution in [3.05, 3.63) is 15.6 Å². The molecule has 6 nitrogen and oxygen atoms in total. The first kappa shape index (κ1) is 16.3. The van der Waals surface area contributed by atoms with Gasteiger partial charge in [-0.25, -0.2) is 0 Å². The van der Waals surface area contributed by atoms with Crippen LogP contribution in [0.2, 0.25) is 0 Å². The average Bonchev–Trinajstić information content (AvgIpc) is 3.07. The molecule has 2 heterocycles. The third-order valence-electron chi connectivity index (χ3n) is 2.61. The Kier molecular flexibility index (Phi) is 6.07.